The summed E-state index contributed by atoms with van der Waals surface area (Å²) in [4.78, 5) is 37.7. The standard InChI is InChI=1S/C36H42O8/c1-9-40-33(37)19-42-31-17-26(21(3)4)29(15-23(31)7)36(28-14-12-11-13-25(28)35(39)44-36)30-16-24(8)32(18-27(30)22(5)6)43-20-34(38)41-10-2/h11-18,21-22H,9-10,19-20H2,1-8H3. The lowest BCUT2D eigenvalue weighted by Crippen LogP contribution is -2.33. The highest BCUT2D eigenvalue weighted by atomic mass is 16.6. The van der Waals surface area contributed by atoms with Crippen molar-refractivity contribution in [2.45, 2.75) is 72.8 Å². The van der Waals surface area contributed by atoms with E-state index in [-0.39, 0.29) is 38.3 Å². The Morgan fingerprint density at radius 1 is 0.727 bits per heavy atom. The number of fused-ring (bicyclic) bond motifs is 1. The first-order chi connectivity index (χ1) is 20.9. The highest BCUT2D eigenvalue weighted by Gasteiger charge is 2.51. The molecule has 0 N–H and O–H groups in total. The molecule has 0 aliphatic carbocycles. The molecule has 44 heavy (non-hydrogen) atoms. The van der Waals surface area contributed by atoms with E-state index in [9.17, 15) is 14.4 Å². The highest BCUT2D eigenvalue weighted by Crippen LogP contribution is 2.52. The van der Waals surface area contributed by atoms with E-state index in [0.29, 0.717) is 17.1 Å². The van der Waals surface area contributed by atoms with E-state index in [1.165, 1.54) is 0 Å². The fraction of sp³-hybridized carbons (Fsp3) is 0.417. The number of ether oxygens (including phenoxy) is 5. The van der Waals surface area contributed by atoms with Gasteiger partial charge in [0.15, 0.2) is 18.8 Å². The first-order valence-corrected chi connectivity index (χ1v) is 15.1. The molecular formula is C36H42O8. The molecule has 234 valence electrons. The van der Waals surface area contributed by atoms with Gasteiger partial charge < -0.3 is 23.7 Å². The molecule has 0 bridgehead atoms. The molecule has 0 amide bonds. The molecular weight excluding hydrogens is 560 g/mol. The number of aryl methyl sites for hydroxylation is 2. The number of benzene rings is 3. The van der Waals surface area contributed by atoms with Crippen LogP contribution in [0.15, 0.2) is 48.5 Å². The van der Waals surface area contributed by atoms with E-state index in [1.807, 2.05) is 56.3 Å². The van der Waals surface area contributed by atoms with Gasteiger partial charge in [-0.05, 0) is 92.1 Å². The zero-order valence-corrected chi connectivity index (χ0v) is 26.9. The van der Waals surface area contributed by atoms with Gasteiger partial charge in [-0.2, -0.15) is 0 Å². The van der Waals surface area contributed by atoms with Crippen LogP contribution in [0.5, 0.6) is 11.5 Å². The molecule has 3 aromatic rings. The largest absolute Gasteiger partial charge is 0.482 e. The molecule has 3 aromatic carbocycles. The monoisotopic (exact) mass is 602 g/mol. The molecule has 4 rings (SSSR count). The zero-order chi connectivity index (χ0) is 32.2. The summed E-state index contributed by atoms with van der Waals surface area (Å²) in [5.41, 5.74) is 4.98. The molecule has 0 unspecified atom stereocenters. The summed E-state index contributed by atoms with van der Waals surface area (Å²) >= 11 is 0. The maximum absolute atomic E-state index is 13.6. The third-order valence-corrected chi connectivity index (χ3v) is 7.77. The number of esters is 3. The van der Waals surface area contributed by atoms with E-state index < -0.39 is 23.5 Å². The molecule has 0 radical (unpaired) electrons. The molecule has 0 saturated carbocycles. The van der Waals surface area contributed by atoms with E-state index in [4.69, 9.17) is 23.7 Å². The molecule has 0 atom stereocenters. The number of hydrogen-bond donors (Lipinski definition) is 0. The van der Waals surface area contributed by atoms with Crippen LogP contribution in [0.4, 0.5) is 0 Å². The second-order valence-corrected chi connectivity index (χ2v) is 11.5. The molecule has 1 aliphatic heterocycles. The predicted molar refractivity (Wildman–Crippen MR) is 167 cm³/mol. The molecule has 1 aliphatic rings. The molecule has 0 spiro atoms. The Balaban J connectivity index is 1.98. The lowest BCUT2D eigenvalue weighted by Gasteiger charge is -2.36. The SMILES string of the molecule is CCOC(=O)COc1cc(C(C)C)c(C2(c3cc(C)c(OCC(=O)OCC)cc3C(C)C)OC(=O)c3ccccc32)cc1C. The molecule has 0 aromatic heterocycles. The lowest BCUT2D eigenvalue weighted by molar-refractivity contribution is -0.146. The van der Waals surface area contributed by atoms with Crippen molar-refractivity contribution >= 4 is 17.9 Å². The van der Waals surface area contributed by atoms with E-state index in [0.717, 1.165) is 38.9 Å². The van der Waals surface area contributed by atoms with Crippen molar-refractivity contribution in [2.24, 2.45) is 0 Å². The van der Waals surface area contributed by atoms with Gasteiger partial charge in [-0.1, -0.05) is 45.9 Å². The van der Waals surface area contributed by atoms with Gasteiger partial charge in [0.05, 0.1) is 18.8 Å². The van der Waals surface area contributed by atoms with Crippen molar-refractivity contribution in [2.75, 3.05) is 26.4 Å². The number of rotatable bonds is 12. The van der Waals surface area contributed by atoms with Crippen molar-refractivity contribution < 1.29 is 38.1 Å². The highest BCUT2D eigenvalue weighted by molar-refractivity contribution is 5.96. The second kappa shape index (κ2) is 13.5. The first-order valence-electron chi connectivity index (χ1n) is 15.1. The van der Waals surface area contributed by atoms with Gasteiger partial charge >= 0.3 is 17.9 Å². The summed E-state index contributed by atoms with van der Waals surface area (Å²) in [5.74, 6) is -0.170. The number of carbonyl (C=O) groups is 3. The fourth-order valence-electron chi connectivity index (χ4n) is 5.72. The van der Waals surface area contributed by atoms with Gasteiger partial charge in [-0.3, -0.25) is 0 Å². The van der Waals surface area contributed by atoms with Crippen LogP contribution in [0.25, 0.3) is 0 Å². The third kappa shape index (κ3) is 6.30. The molecule has 0 saturated heterocycles. The second-order valence-electron chi connectivity index (χ2n) is 11.5. The Bertz CT molecular complexity index is 1470. The van der Waals surface area contributed by atoms with Crippen LogP contribution in [0.2, 0.25) is 0 Å². The van der Waals surface area contributed by atoms with Crippen molar-refractivity contribution in [1.29, 1.82) is 0 Å². The first kappa shape index (κ1) is 32.6. The van der Waals surface area contributed by atoms with Gasteiger partial charge in [-0.15, -0.1) is 0 Å². The average Bonchev–Trinajstić information content (AvgIpc) is 3.28. The van der Waals surface area contributed by atoms with Crippen molar-refractivity contribution in [3.63, 3.8) is 0 Å². The average molecular weight is 603 g/mol. The minimum absolute atomic E-state index is 0.00895. The number of cyclic esters (lactones) is 1. The lowest BCUT2D eigenvalue weighted by atomic mass is 9.72. The third-order valence-electron chi connectivity index (χ3n) is 7.77. The van der Waals surface area contributed by atoms with Gasteiger partial charge in [0.1, 0.15) is 11.5 Å². The Morgan fingerprint density at radius 2 is 1.18 bits per heavy atom. The maximum Gasteiger partial charge on any atom is 0.344 e. The van der Waals surface area contributed by atoms with Crippen LogP contribution >= 0.6 is 0 Å². The van der Waals surface area contributed by atoms with Crippen molar-refractivity contribution in [3.8, 4) is 11.5 Å². The van der Waals surface area contributed by atoms with Crippen LogP contribution in [0.3, 0.4) is 0 Å². The predicted octanol–water partition coefficient (Wildman–Crippen LogP) is 6.90. The zero-order valence-electron chi connectivity index (χ0n) is 26.9. The topological polar surface area (TPSA) is 97.4 Å². The van der Waals surface area contributed by atoms with Gasteiger partial charge in [0.25, 0.3) is 0 Å². The minimum atomic E-state index is -1.28. The quantitative estimate of drug-likeness (QED) is 0.163. The Hall–Kier alpha value is -4.33. The van der Waals surface area contributed by atoms with E-state index >= 15 is 0 Å². The van der Waals surface area contributed by atoms with Crippen LogP contribution in [0.1, 0.15) is 103 Å². The summed E-state index contributed by atoms with van der Waals surface area (Å²) < 4.78 is 28.5. The van der Waals surface area contributed by atoms with Crippen LogP contribution in [0, 0.1) is 13.8 Å². The van der Waals surface area contributed by atoms with Crippen LogP contribution in [-0.2, 0) is 29.4 Å². The minimum Gasteiger partial charge on any atom is -0.482 e. The van der Waals surface area contributed by atoms with Crippen molar-refractivity contribution in [1.82, 2.24) is 0 Å². The van der Waals surface area contributed by atoms with Gasteiger partial charge in [-0.25, -0.2) is 14.4 Å². The molecule has 8 nitrogen and oxygen atoms in total. The smallest absolute Gasteiger partial charge is 0.344 e. The normalized spacial score (nSPS) is 13.5. The van der Waals surface area contributed by atoms with Gasteiger partial charge in [0, 0.05) is 16.7 Å². The summed E-state index contributed by atoms with van der Waals surface area (Å²) in [7, 11) is 0. The summed E-state index contributed by atoms with van der Waals surface area (Å²) in [6.07, 6.45) is 0. The summed E-state index contributed by atoms with van der Waals surface area (Å²) in [5, 5.41) is 0. The number of carbonyl (C=O) groups excluding carboxylic acids is 3. The van der Waals surface area contributed by atoms with Crippen LogP contribution in [-0.4, -0.2) is 44.3 Å². The van der Waals surface area contributed by atoms with Crippen LogP contribution < -0.4 is 9.47 Å². The molecule has 1 heterocycles. The van der Waals surface area contributed by atoms with Crippen molar-refractivity contribution in [3.05, 3.63) is 93.0 Å². The Morgan fingerprint density at radius 3 is 1.61 bits per heavy atom. The summed E-state index contributed by atoms with van der Waals surface area (Å²) in [6, 6.07) is 15.3. The van der Waals surface area contributed by atoms with Gasteiger partial charge in [0.2, 0.25) is 0 Å². The maximum atomic E-state index is 13.6. The van der Waals surface area contributed by atoms with E-state index in [1.54, 1.807) is 19.9 Å². The summed E-state index contributed by atoms with van der Waals surface area (Å²) in [6.45, 7) is 15.7. The Labute approximate surface area is 259 Å². The Kier molecular flexibility index (Phi) is 10.0. The molecule has 8 heteroatoms. The fourth-order valence-corrected chi connectivity index (χ4v) is 5.72. The number of hydrogen-bond acceptors (Lipinski definition) is 8. The molecule has 0 fully saturated rings. The van der Waals surface area contributed by atoms with E-state index in [2.05, 4.69) is 27.7 Å².